The van der Waals surface area contributed by atoms with E-state index in [-0.39, 0.29) is 11.3 Å². The zero-order valence-corrected chi connectivity index (χ0v) is 12.4. The van der Waals surface area contributed by atoms with E-state index in [1.165, 1.54) is 11.3 Å². The van der Waals surface area contributed by atoms with Crippen LogP contribution < -0.4 is 0 Å². The van der Waals surface area contributed by atoms with Gasteiger partial charge in [-0.1, -0.05) is 34.6 Å². The number of carbonyl (C=O) groups is 1. The van der Waals surface area contributed by atoms with Gasteiger partial charge in [-0.2, -0.15) is 0 Å². The molecule has 1 heterocycles. The minimum Gasteiger partial charge on any atom is -0.481 e. The van der Waals surface area contributed by atoms with Crippen molar-refractivity contribution >= 4 is 17.3 Å². The molecule has 0 fully saturated rings. The van der Waals surface area contributed by atoms with Gasteiger partial charge in [-0.15, -0.1) is 11.3 Å². The smallest absolute Gasteiger partial charge is 0.309 e. The number of aliphatic carboxylic acids is 1. The van der Waals surface area contributed by atoms with Gasteiger partial charge in [0, 0.05) is 9.75 Å². The lowest BCUT2D eigenvalue weighted by molar-refractivity contribution is -0.148. The largest absolute Gasteiger partial charge is 0.481 e. The summed E-state index contributed by atoms with van der Waals surface area (Å²) in [7, 11) is 0. The third-order valence-corrected chi connectivity index (χ3v) is 4.58. The molecule has 0 amide bonds. The quantitative estimate of drug-likeness (QED) is 0.881. The molecule has 18 heavy (non-hydrogen) atoms. The summed E-state index contributed by atoms with van der Waals surface area (Å²) in [5, 5.41) is 19.4. The zero-order chi connectivity index (χ0) is 14.1. The molecule has 0 aliphatic rings. The van der Waals surface area contributed by atoms with Crippen LogP contribution >= 0.6 is 11.3 Å². The van der Waals surface area contributed by atoms with Crippen LogP contribution in [-0.2, 0) is 10.2 Å². The van der Waals surface area contributed by atoms with Gasteiger partial charge < -0.3 is 10.2 Å². The summed E-state index contributed by atoms with van der Waals surface area (Å²) >= 11 is 1.50. The van der Waals surface area contributed by atoms with E-state index in [9.17, 15) is 15.0 Å². The normalized spacial score (nSPS) is 15.7. The maximum Gasteiger partial charge on any atom is 0.309 e. The average Bonchev–Trinajstić information content (AvgIpc) is 2.63. The second kappa shape index (κ2) is 5.41. The maximum atomic E-state index is 11.2. The van der Waals surface area contributed by atoms with Gasteiger partial charge in [0.05, 0.1) is 5.92 Å². The molecule has 2 atom stereocenters. The van der Waals surface area contributed by atoms with Crippen molar-refractivity contribution in [3.8, 4) is 0 Å². The van der Waals surface area contributed by atoms with Crippen LogP contribution in [0.3, 0.4) is 0 Å². The molecular formula is C14H22O3S. The average molecular weight is 270 g/mol. The molecule has 2 unspecified atom stereocenters. The summed E-state index contributed by atoms with van der Waals surface area (Å²) in [5.74, 6) is -1.79. The molecule has 2 N–H and O–H groups in total. The number of aliphatic hydroxyl groups is 1. The van der Waals surface area contributed by atoms with E-state index in [0.29, 0.717) is 0 Å². The Hall–Kier alpha value is -0.870. The number of carboxylic acid groups (broad SMARTS) is 1. The molecule has 0 aliphatic heterocycles. The minimum atomic E-state index is -0.941. The predicted molar refractivity (Wildman–Crippen MR) is 73.9 cm³/mol. The second-order valence-corrected chi connectivity index (χ2v) is 7.12. The van der Waals surface area contributed by atoms with Crippen LogP contribution in [0.4, 0.5) is 0 Å². The van der Waals surface area contributed by atoms with Gasteiger partial charge in [0.25, 0.3) is 0 Å². The fourth-order valence-electron chi connectivity index (χ4n) is 1.88. The summed E-state index contributed by atoms with van der Waals surface area (Å²) in [4.78, 5) is 13.1. The Morgan fingerprint density at radius 1 is 1.28 bits per heavy atom. The molecule has 1 aromatic rings. The van der Waals surface area contributed by atoms with Crippen molar-refractivity contribution in [2.24, 2.45) is 11.8 Å². The number of hydrogen-bond acceptors (Lipinski definition) is 3. The van der Waals surface area contributed by atoms with E-state index >= 15 is 0 Å². The maximum absolute atomic E-state index is 11.2. The molecule has 0 radical (unpaired) electrons. The molecule has 1 aromatic heterocycles. The van der Waals surface area contributed by atoms with Crippen molar-refractivity contribution < 1.29 is 15.0 Å². The molecule has 0 spiro atoms. The lowest BCUT2D eigenvalue weighted by Crippen LogP contribution is -2.26. The first-order chi connectivity index (χ1) is 8.14. The van der Waals surface area contributed by atoms with E-state index in [0.717, 1.165) is 9.75 Å². The van der Waals surface area contributed by atoms with Crippen LogP contribution in [0.2, 0.25) is 0 Å². The van der Waals surface area contributed by atoms with Crippen molar-refractivity contribution in [2.45, 2.75) is 46.1 Å². The van der Waals surface area contributed by atoms with Gasteiger partial charge in [-0.25, -0.2) is 0 Å². The Bertz CT molecular complexity index is 415. The Labute approximate surface area is 112 Å². The first-order valence-corrected chi connectivity index (χ1v) is 6.97. The highest BCUT2D eigenvalue weighted by atomic mass is 32.1. The minimum absolute atomic E-state index is 0.0270. The van der Waals surface area contributed by atoms with E-state index in [2.05, 4.69) is 20.8 Å². The Kier molecular flexibility index (Phi) is 4.56. The summed E-state index contributed by atoms with van der Waals surface area (Å²) in [6, 6.07) is 3.82. The summed E-state index contributed by atoms with van der Waals surface area (Å²) in [5.41, 5.74) is 0.0270. The summed E-state index contributed by atoms with van der Waals surface area (Å²) in [6.07, 6.45) is -0.927. The molecular weight excluding hydrogens is 248 g/mol. The number of carboxylic acids is 1. The molecule has 0 saturated carbocycles. The Morgan fingerprint density at radius 2 is 1.83 bits per heavy atom. The van der Waals surface area contributed by atoms with Crippen LogP contribution in [0.1, 0.15) is 50.5 Å². The third-order valence-electron chi connectivity index (χ3n) is 3.00. The van der Waals surface area contributed by atoms with Crippen molar-refractivity contribution in [3.63, 3.8) is 0 Å². The number of rotatable bonds is 4. The van der Waals surface area contributed by atoms with Gasteiger partial charge in [-0.3, -0.25) is 4.79 Å². The molecule has 4 heteroatoms. The molecule has 0 bridgehead atoms. The SMILES string of the molecule is CC(C)C(C(=O)O)C(O)c1ccc(C(C)(C)C)s1. The highest BCUT2D eigenvalue weighted by Crippen LogP contribution is 2.36. The second-order valence-electron chi connectivity index (χ2n) is 6.00. The number of aliphatic hydroxyl groups excluding tert-OH is 1. The number of thiophene rings is 1. The fraction of sp³-hybridized carbons (Fsp3) is 0.643. The molecule has 0 saturated heterocycles. The highest BCUT2D eigenvalue weighted by molar-refractivity contribution is 7.12. The van der Waals surface area contributed by atoms with Gasteiger partial charge >= 0.3 is 5.97 Å². The molecule has 3 nitrogen and oxygen atoms in total. The van der Waals surface area contributed by atoms with Crippen molar-refractivity contribution in [3.05, 3.63) is 21.9 Å². The van der Waals surface area contributed by atoms with E-state index in [4.69, 9.17) is 0 Å². The van der Waals surface area contributed by atoms with Crippen LogP contribution in [0, 0.1) is 11.8 Å². The molecule has 102 valence electrons. The summed E-state index contributed by atoms with van der Waals surface area (Å²) in [6.45, 7) is 9.95. The summed E-state index contributed by atoms with van der Waals surface area (Å²) < 4.78 is 0. The van der Waals surface area contributed by atoms with Crippen molar-refractivity contribution in [2.75, 3.05) is 0 Å². The fourth-order valence-corrected chi connectivity index (χ4v) is 2.98. The van der Waals surface area contributed by atoms with Crippen LogP contribution in [0.5, 0.6) is 0 Å². The number of hydrogen-bond donors (Lipinski definition) is 2. The van der Waals surface area contributed by atoms with Crippen molar-refractivity contribution in [1.29, 1.82) is 0 Å². The van der Waals surface area contributed by atoms with Gasteiger partial charge in [0.1, 0.15) is 6.10 Å². The zero-order valence-electron chi connectivity index (χ0n) is 11.6. The third kappa shape index (κ3) is 3.33. The molecule has 0 aromatic carbocycles. The van der Waals surface area contributed by atoms with Gasteiger partial charge in [-0.05, 0) is 23.5 Å². The Morgan fingerprint density at radius 3 is 2.17 bits per heavy atom. The van der Waals surface area contributed by atoms with E-state index < -0.39 is 18.0 Å². The van der Waals surface area contributed by atoms with Crippen LogP contribution in [0.15, 0.2) is 12.1 Å². The standard InChI is InChI=1S/C14H22O3S/c1-8(2)11(13(16)17)12(15)9-6-7-10(18-9)14(3,4)5/h6-8,11-12,15H,1-5H3,(H,16,17). The van der Waals surface area contributed by atoms with Crippen LogP contribution in [0.25, 0.3) is 0 Å². The predicted octanol–water partition coefficient (Wildman–Crippen LogP) is 3.44. The van der Waals surface area contributed by atoms with Gasteiger partial charge in [0.15, 0.2) is 0 Å². The van der Waals surface area contributed by atoms with E-state index in [1.807, 2.05) is 26.0 Å². The van der Waals surface area contributed by atoms with E-state index in [1.54, 1.807) is 0 Å². The van der Waals surface area contributed by atoms with Crippen molar-refractivity contribution in [1.82, 2.24) is 0 Å². The topological polar surface area (TPSA) is 57.5 Å². The molecule has 1 rings (SSSR count). The van der Waals surface area contributed by atoms with Gasteiger partial charge in [0.2, 0.25) is 0 Å². The van der Waals surface area contributed by atoms with Crippen LogP contribution in [-0.4, -0.2) is 16.2 Å². The monoisotopic (exact) mass is 270 g/mol. The lowest BCUT2D eigenvalue weighted by atomic mass is 9.89. The molecule has 0 aliphatic carbocycles. The highest BCUT2D eigenvalue weighted by Gasteiger charge is 2.32. The first-order valence-electron chi connectivity index (χ1n) is 6.15. The first kappa shape index (κ1) is 15.2. The Balaban J connectivity index is 3.00. The lowest BCUT2D eigenvalue weighted by Gasteiger charge is -2.21.